The van der Waals surface area contributed by atoms with E-state index in [0.29, 0.717) is 12.2 Å². The van der Waals surface area contributed by atoms with Crippen molar-refractivity contribution in [3.63, 3.8) is 0 Å². The summed E-state index contributed by atoms with van der Waals surface area (Å²) in [6, 6.07) is 5.66. The summed E-state index contributed by atoms with van der Waals surface area (Å²) < 4.78 is 17.6. The lowest BCUT2D eigenvalue weighted by Gasteiger charge is -2.19. The Morgan fingerprint density at radius 1 is 1.35 bits per heavy atom. The van der Waals surface area contributed by atoms with Crippen LogP contribution in [0.3, 0.4) is 0 Å². The van der Waals surface area contributed by atoms with E-state index in [9.17, 15) is 14.0 Å². The van der Waals surface area contributed by atoms with Gasteiger partial charge in [0, 0.05) is 5.69 Å². The van der Waals surface area contributed by atoms with Crippen molar-refractivity contribution in [1.82, 2.24) is 4.90 Å². The first-order chi connectivity index (χ1) is 9.55. The van der Waals surface area contributed by atoms with Gasteiger partial charge in [-0.1, -0.05) is 13.0 Å². The quantitative estimate of drug-likeness (QED) is 0.773. The minimum atomic E-state index is -0.414. The average molecular weight is 282 g/mol. The maximum Gasteiger partial charge on any atom is 0.319 e. The van der Waals surface area contributed by atoms with E-state index in [-0.39, 0.29) is 19.0 Å². The molecule has 0 aliphatic heterocycles. The first-order valence-corrected chi connectivity index (χ1v) is 6.39. The zero-order valence-corrected chi connectivity index (χ0v) is 11.7. The van der Waals surface area contributed by atoms with Crippen LogP contribution in [0.2, 0.25) is 0 Å². The number of ether oxygens (including phenoxy) is 1. The first kappa shape index (κ1) is 16.1. The van der Waals surface area contributed by atoms with Gasteiger partial charge in [0.1, 0.15) is 5.82 Å². The average Bonchev–Trinajstić information content (AvgIpc) is 2.38. The number of nitrogens with one attached hydrogen (secondary N) is 1. The van der Waals surface area contributed by atoms with Gasteiger partial charge < -0.3 is 10.1 Å². The molecule has 1 rings (SSSR count). The highest BCUT2D eigenvalue weighted by Crippen LogP contribution is 2.09. The number of hydrogen-bond donors (Lipinski definition) is 1. The van der Waals surface area contributed by atoms with Crippen LogP contribution in [0.25, 0.3) is 0 Å². The number of halogens is 1. The molecule has 0 saturated heterocycles. The van der Waals surface area contributed by atoms with E-state index in [1.807, 2.05) is 6.92 Å². The highest BCUT2D eigenvalue weighted by molar-refractivity contribution is 5.92. The van der Waals surface area contributed by atoms with Crippen molar-refractivity contribution in [2.45, 2.75) is 13.3 Å². The number of hydrogen-bond acceptors (Lipinski definition) is 4. The molecule has 0 heterocycles. The summed E-state index contributed by atoms with van der Waals surface area (Å²) >= 11 is 0. The molecular formula is C14H19FN2O3. The van der Waals surface area contributed by atoms with Crippen LogP contribution in [0.15, 0.2) is 24.3 Å². The van der Waals surface area contributed by atoms with Gasteiger partial charge in [0.15, 0.2) is 0 Å². The van der Waals surface area contributed by atoms with Crippen molar-refractivity contribution < 1.29 is 18.7 Å². The number of nitrogens with zero attached hydrogens (tertiary/aromatic N) is 1. The largest absolute Gasteiger partial charge is 0.468 e. The molecule has 0 aliphatic carbocycles. The van der Waals surface area contributed by atoms with Crippen LogP contribution in [0.4, 0.5) is 10.1 Å². The van der Waals surface area contributed by atoms with Crippen molar-refractivity contribution in [2.75, 3.05) is 32.1 Å². The molecule has 110 valence electrons. The molecule has 6 heteroatoms. The molecule has 0 unspecified atom stereocenters. The molecular weight excluding hydrogens is 263 g/mol. The second kappa shape index (κ2) is 8.27. The minimum Gasteiger partial charge on any atom is -0.468 e. The van der Waals surface area contributed by atoms with Crippen molar-refractivity contribution >= 4 is 17.6 Å². The topological polar surface area (TPSA) is 58.6 Å². The summed E-state index contributed by atoms with van der Waals surface area (Å²) in [5, 5.41) is 2.59. The van der Waals surface area contributed by atoms with Crippen molar-refractivity contribution in [1.29, 1.82) is 0 Å². The highest BCUT2D eigenvalue weighted by atomic mass is 19.1. The Bertz CT molecular complexity index is 465. The van der Waals surface area contributed by atoms with E-state index in [4.69, 9.17) is 0 Å². The van der Waals surface area contributed by atoms with Gasteiger partial charge in [-0.2, -0.15) is 0 Å². The van der Waals surface area contributed by atoms with Crippen LogP contribution in [0, 0.1) is 5.82 Å². The number of amides is 1. The Hall–Kier alpha value is -1.95. The minimum absolute atomic E-state index is 0.0550. The van der Waals surface area contributed by atoms with Gasteiger partial charge in [-0.05, 0) is 31.2 Å². The van der Waals surface area contributed by atoms with Crippen molar-refractivity contribution in [2.24, 2.45) is 0 Å². The third kappa shape index (κ3) is 5.79. The molecule has 20 heavy (non-hydrogen) atoms. The summed E-state index contributed by atoms with van der Waals surface area (Å²) in [4.78, 5) is 24.8. The molecule has 0 bridgehead atoms. The molecule has 0 aromatic heterocycles. The maximum atomic E-state index is 13.0. The zero-order valence-electron chi connectivity index (χ0n) is 11.7. The lowest BCUT2D eigenvalue weighted by Crippen LogP contribution is -2.37. The fourth-order valence-corrected chi connectivity index (χ4v) is 1.75. The molecule has 0 fully saturated rings. The smallest absolute Gasteiger partial charge is 0.319 e. The second-order valence-electron chi connectivity index (χ2n) is 4.35. The van der Waals surface area contributed by atoms with Crippen LogP contribution >= 0.6 is 0 Å². The Balaban J connectivity index is 2.55. The summed E-state index contributed by atoms with van der Waals surface area (Å²) in [6.45, 7) is 2.67. The lowest BCUT2D eigenvalue weighted by atomic mass is 10.3. The lowest BCUT2D eigenvalue weighted by molar-refractivity contribution is -0.142. The fourth-order valence-electron chi connectivity index (χ4n) is 1.75. The highest BCUT2D eigenvalue weighted by Gasteiger charge is 2.14. The number of rotatable bonds is 7. The monoisotopic (exact) mass is 282 g/mol. The van der Waals surface area contributed by atoms with Crippen LogP contribution in [0.5, 0.6) is 0 Å². The number of carbonyl (C=O) groups excluding carboxylic acids is 2. The van der Waals surface area contributed by atoms with Crippen molar-refractivity contribution in [3.8, 4) is 0 Å². The SMILES string of the molecule is CCCN(CC(=O)Nc1cccc(F)c1)CC(=O)OC. The van der Waals surface area contributed by atoms with Crippen LogP contribution in [0.1, 0.15) is 13.3 Å². The molecule has 1 aromatic carbocycles. The third-order valence-corrected chi connectivity index (χ3v) is 2.60. The maximum absolute atomic E-state index is 13.0. The van der Waals surface area contributed by atoms with Gasteiger partial charge in [0.05, 0.1) is 20.2 Å². The van der Waals surface area contributed by atoms with Crippen LogP contribution in [-0.2, 0) is 14.3 Å². The van der Waals surface area contributed by atoms with Gasteiger partial charge in [-0.15, -0.1) is 0 Å². The molecule has 0 spiro atoms. The van der Waals surface area contributed by atoms with E-state index in [2.05, 4.69) is 10.1 Å². The number of esters is 1. The summed E-state index contributed by atoms with van der Waals surface area (Å²) in [5.41, 5.74) is 0.393. The zero-order chi connectivity index (χ0) is 15.0. The van der Waals surface area contributed by atoms with Gasteiger partial charge in [0.2, 0.25) is 5.91 Å². The Labute approximate surface area is 117 Å². The van der Waals surface area contributed by atoms with E-state index in [1.165, 1.54) is 25.3 Å². The number of methoxy groups -OCH3 is 1. The normalized spacial score (nSPS) is 10.4. The predicted octanol–water partition coefficient (Wildman–Crippen LogP) is 1.65. The Morgan fingerprint density at radius 2 is 2.10 bits per heavy atom. The van der Waals surface area contributed by atoms with E-state index in [0.717, 1.165) is 6.42 Å². The van der Waals surface area contributed by atoms with Gasteiger partial charge in [0.25, 0.3) is 0 Å². The molecule has 1 N–H and O–H groups in total. The van der Waals surface area contributed by atoms with Crippen molar-refractivity contribution in [3.05, 3.63) is 30.1 Å². The molecule has 0 atom stereocenters. The first-order valence-electron chi connectivity index (χ1n) is 6.39. The standard InChI is InChI=1S/C14H19FN2O3/c1-3-7-17(10-14(19)20-2)9-13(18)16-12-6-4-5-11(15)8-12/h4-6,8H,3,7,9-10H2,1-2H3,(H,16,18). The summed E-state index contributed by atoms with van der Waals surface area (Å²) in [6.07, 6.45) is 0.810. The van der Waals surface area contributed by atoms with E-state index < -0.39 is 11.8 Å². The number of benzene rings is 1. The van der Waals surface area contributed by atoms with E-state index in [1.54, 1.807) is 11.0 Å². The fraction of sp³-hybridized carbons (Fsp3) is 0.429. The molecule has 0 radical (unpaired) electrons. The van der Waals surface area contributed by atoms with Gasteiger partial charge in [-0.25, -0.2) is 4.39 Å². The van der Waals surface area contributed by atoms with Gasteiger partial charge in [-0.3, -0.25) is 14.5 Å². The summed E-state index contributed by atoms with van der Waals surface area (Å²) in [7, 11) is 1.30. The number of carbonyl (C=O) groups is 2. The Morgan fingerprint density at radius 3 is 2.70 bits per heavy atom. The molecule has 0 aliphatic rings. The molecule has 1 amide bonds. The Kier molecular flexibility index (Phi) is 6.66. The van der Waals surface area contributed by atoms with Crippen LogP contribution in [-0.4, -0.2) is 43.5 Å². The van der Waals surface area contributed by atoms with Crippen LogP contribution < -0.4 is 5.32 Å². The second-order valence-corrected chi connectivity index (χ2v) is 4.35. The molecule has 5 nitrogen and oxygen atoms in total. The summed E-state index contributed by atoms with van der Waals surface area (Å²) in [5.74, 6) is -1.10. The van der Waals surface area contributed by atoms with E-state index >= 15 is 0 Å². The number of anilines is 1. The predicted molar refractivity (Wildman–Crippen MR) is 73.8 cm³/mol. The molecule has 0 saturated carbocycles. The molecule has 1 aromatic rings. The third-order valence-electron chi connectivity index (χ3n) is 2.60. The van der Waals surface area contributed by atoms with Gasteiger partial charge >= 0.3 is 5.97 Å².